The summed E-state index contributed by atoms with van der Waals surface area (Å²) in [5, 5.41) is 24.4. The number of nitrogens with one attached hydrogen (secondary N) is 1. The van der Waals surface area contributed by atoms with Crippen LogP contribution in [0.1, 0.15) is 38.0 Å². The predicted octanol–water partition coefficient (Wildman–Crippen LogP) is -0.400. The number of carbonyl (C=O) groups excluding carboxylic acids is 4. The molecule has 0 aliphatic carbocycles. The third-order valence-electron chi connectivity index (χ3n) is 3.34. The quantitative estimate of drug-likeness (QED) is 0.533. The number of methoxy groups -OCH3 is 1. The van der Waals surface area contributed by atoms with E-state index in [-0.39, 0.29) is 22.7 Å². The van der Waals surface area contributed by atoms with Crippen molar-refractivity contribution in [2.75, 3.05) is 12.4 Å². The Bertz CT molecular complexity index is 903. The molecule has 1 N–H and O–H groups in total. The summed E-state index contributed by atoms with van der Waals surface area (Å²) in [4.78, 5) is 45.4. The highest BCUT2D eigenvalue weighted by Crippen LogP contribution is 2.28. The van der Waals surface area contributed by atoms with Gasteiger partial charge >= 0.3 is 5.97 Å². The Morgan fingerprint density at radius 2 is 1.44 bits per heavy atom. The van der Waals surface area contributed by atoms with E-state index in [1.165, 1.54) is 32.2 Å². The molecule has 0 spiro atoms. The summed E-state index contributed by atoms with van der Waals surface area (Å²) in [6, 6.07) is 6.94. The highest BCUT2D eigenvalue weighted by molar-refractivity contribution is 6.06. The Balaban J connectivity index is 2.33. The lowest BCUT2D eigenvalue weighted by molar-refractivity contribution is -0.255. The number of benzene rings is 2. The summed E-state index contributed by atoms with van der Waals surface area (Å²) in [6.07, 6.45) is 0. The minimum absolute atomic E-state index is 0.0797. The fourth-order valence-electron chi connectivity index (χ4n) is 2.19. The number of hydrogen-bond acceptors (Lipinski definition) is 8. The molecule has 0 fully saturated rings. The molecule has 9 nitrogen and oxygen atoms in total. The summed E-state index contributed by atoms with van der Waals surface area (Å²) < 4.78 is 9.99. The zero-order chi connectivity index (χ0) is 20.1. The Kier molecular flexibility index (Phi) is 5.76. The molecule has 0 heterocycles. The van der Waals surface area contributed by atoms with Gasteiger partial charge in [0.25, 0.3) is 5.91 Å². The molecule has 2 aromatic carbocycles. The van der Waals surface area contributed by atoms with Crippen LogP contribution in [0.15, 0.2) is 36.4 Å². The van der Waals surface area contributed by atoms with Crippen molar-refractivity contribution in [2.45, 2.75) is 6.92 Å². The first kappa shape index (κ1) is 19.4. The van der Waals surface area contributed by atoms with Gasteiger partial charge < -0.3 is 34.6 Å². The topological polar surface area (TPSA) is 145 Å². The molecule has 1 amide bonds. The molecule has 0 radical (unpaired) electrons. The second kappa shape index (κ2) is 8.00. The van der Waals surface area contributed by atoms with Gasteiger partial charge in [0, 0.05) is 18.2 Å². The normalized spacial score (nSPS) is 10.0. The van der Waals surface area contributed by atoms with Gasteiger partial charge in [0.2, 0.25) is 0 Å². The van der Waals surface area contributed by atoms with E-state index in [0.717, 1.165) is 18.2 Å². The number of carboxylic acids is 2. The van der Waals surface area contributed by atoms with Crippen molar-refractivity contribution < 1.29 is 38.9 Å². The summed E-state index contributed by atoms with van der Waals surface area (Å²) in [7, 11) is 1.32. The summed E-state index contributed by atoms with van der Waals surface area (Å²) in [6.45, 7) is 1.21. The second-order valence-electron chi connectivity index (χ2n) is 5.29. The Labute approximate surface area is 153 Å². The first-order chi connectivity index (χ1) is 12.7. The van der Waals surface area contributed by atoms with E-state index in [1.807, 2.05) is 0 Å². The monoisotopic (exact) mass is 371 g/mol. The van der Waals surface area contributed by atoms with Crippen LogP contribution in [0.25, 0.3) is 0 Å². The van der Waals surface area contributed by atoms with Crippen LogP contribution >= 0.6 is 0 Å². The molecule has 9 heteroatoms. The molecule has 0 aliphatic rings. The van der Waals surface area contributed by atoms with Gasteiger partial charge in [-0.15, -0.1) is 0 Å². The zero-order valence-corrected chi connectivity index (χ0v) is 14.2. The van der Waals surface area contributed by atoms with Crippen LogP contribution in [0.4, 0.5) is 5.69 Å². The van der Waals surface area contributed by atoms with Crippen molar-refractivity contribution in [1.82, 2.24) is 0 Å². The fraction of sp³-hybridized carbons (Fsp3) is 0.111. The first-order valence-corrected chi connectivity index (χ1v) is 7.47. The van der Waals surface area contributed by atoms with Gasteiger partial charge in [0.1, 0.15) is 0 Å². The van der Waals surface area contributed by atoms with Crippen molar-refractivity contribution in [3.8, 4) is 11.5 Å². The lowest BCUT2D eigenvalue weighted by Crippen LogP contribution is -2.26. The lowest BCUT2D eigenvalue weighted by atomic mass is 10.1. The largest absolute Gasteiger partial charge is 0.545 e. The third kappa shape index (κ3) is 4.82. The number of carbonyl (C=O) groups is 4. The zero-order valence-electron chi connectivity index (χ0n) is 14.2. The smallest absolute Gasteiger partial charge is 0.308 e. The van der Waals surface area contributed by atoms with Crippen molar-refractivity contribution in [3.63, 3.8) is 0 Å². The number of ether oxygens (including phenoxy) is 2. The molecular formula is C18H13NO8-2. The van der Waals surface area contributed by atoms with Gasteiger partial charge in [0.05, 0.1) is 19.0 Å². The van der Waals surface area contributed by atoms with Crippen LogP contribution in [0.5, 0.6) is 11.5 Å². The van der Waals surface area contributed by atoms with Crippen molar-refractivity contribution in [3.05, 3.63) is 53.1 Å². The first-order valence-electron chi connectivity index (χ1n) is 7.47. The Hall–Kier alpha value is -3.88. The van der Waals surface area contributed by atoms with Gasteiger partial charge in [0.15, 0.2) is 11.5 Å². The maximum absolute atomic E-state index is 12.4. The van der Waals surface area contributed by atoms with Gasteiger partial charge in [-0.25, -0.2) is 0 Å². The maximum Gasteiger partial charge on any atom is 0.308 e. The van der Waals surface area contributed by atoms with Crippen LogP contribution < -0.4 is 25.0 Å². The van der Waals surface area contributed by atoms with Crippen molar-refractivity contribution in [1.29, 1.82) is 0 Å². The van der Waals surface area contributed by atoms with Crippen LogP contribution in [-0.4, -0.2) is 30.9 Å². The lowest BCUT2D eigenvalue weighted by Gasteiger charge is -2.13. The van der Waals surface area contributed by atoms with Gasteiger partial charge in [-0.05, 0) is 47.5 Å². The Morgan fingerprint density at radius 3 is 1.93 bits per heavy atom. The van der Waals surface area contributed by atoms with Gasteiger partial charge in [-0.3, -0.25) is 9.59 Å². The predicted molar refractivity (Wildman–Crippen MR) is 87.4 cm³/mol. The van der Waals surface area contributed by atoms with Crippen LogP contribution in [0.3, 0.4) is 0 Å². The van der Waals surface area contributed by atoms with Crippen LogP contribution in [0.2, 0.25) is 0 Å². The highest BCUT2D eigenvalue weighted by Gasteiger charge is 2.14. The molecule has 0 saturated heterocycles. The third-order valence-corrected chi connectivity index (χ3v) is 3.34. The molecule has 0 aromatic heterocycles. The molecule has 0 aliphatic heterocycles. The number of anilines is 1. The molecule has 0 saturated carbocycles. The Morgan fingerprint density at radius 1 is 0.852 bits per heavy atom. The van der Waals surface area contributed by atoms with Crippen molar-refractivity contribution in [2.24, 2.45) is 0 Å². The molecule has 0 atom stereocenters. The van der Waals surface area contributed by atoms with E-state index in [9.17, 15) is 29.4 Å². The summed E-state index contributed by atoms with van der Waals surface area (Å²) in [5.74, 6) is -4.24. The van der Waals surface area contributed by atoms with E-state index in [1.54, 1.807) is 0 Å². The number of rotatable bonds is 6. The van der Waals surface area contributed by atoms with E-state index < -0.39 is 34.9 Å². The number of hydrogen-bond donors (Lipinski definition) is 1. The standard InChI is InChI=1S/C18H15NO8/c1-9(20)27-14-4-3-10(8-15(14)26-2)16(21)19-13-6-11(17(22)23)5-12(7-13)18(24)25/h3-8H,1-2H3,(H,19,21)(H,22,23)(H,24,25)/p-2. The molecule has 0 unspecified atom stereocenters. The second-order valence-corrected chi connectivity index (χ2v) is 5.29. The number of carboxylic acid groups (broad SMARTS) is 2. The van der Waals surface area contributed by atoms with Crippen LogP contribution in [-0.2, 0) is 4.79 Å². The molecule has 2 aromatic rings. The van der Waals surface area contributed by atoms with Crippen LogP contribution in [0, 0.1) is 0 Å². The number of aromatic carboxylic acids is 2. The SMILES string of the molecule is COc1cc(C(=O)Nc2cc(C(=O)[O-])cc(C(=O)[O-])c2)ccc1OC(C)=O. The molecule has 2 rings (SSSR count). The minimum Gasteiger partial charge on any atom is -0.545 e. The average Bonchev–Trinajstić information content (AvgIpc) is 2.61. The number of esters is 1. The molecule has 27 heavy (non-hydrogen) atoms. The molecule has 0 bridgehead atoms. The fourth-order valence-corrected chi connectivity index (χ4v) is 2.19. The average molecular weight is 371 g/mol. The van der Waals surface area contributed by atoms with Crippen molar-refractivity contribution >= 4 is 29.5 Å². The minimum atomic E-state index is -1.61. The molecule has 140 valence electrons. The summed E-state index contributed by atoms with van der Waals surface area (Å²) in [5.41, 5.74) is -0.856. The van der Waals surface area contributed by atoms with Gasteiger partial charge in [-0.1, -0.05) is 0 Å². The summed E-state index contributed by atoms with van der Waals surface area (Å²) >= 11 is 0. The van der Waals surface area contributed by atoms with E-state index >= 15 is 0 Å². The van der Waals surface area contributed by atoms with E-state index in [2.05, 4.69) is 5.32 Å². The van der Waals surface area contributed by atoms with Gasteiger partial charge in [-0.2, -0.15) is 0 Å². The maximum atomic E-state index is 12.4. The van der Waals surface area contributed by atoms with E-state index in [0.29, 0.717) is 0 Å². The molecular weight excluding hydrogens is 358 g/mol. The van der Waals surface area contributed by atoms with E-state index in [4.69, 9.17) is 9.47 Å². The number of amides is 1. The highest BCUT2D eigenvalue weighted by atomic mass is 16.6.